The number of phenolic OH excluding ortho intramolecular Hbond substituents is 1. The number of nitrogens with zero attached hydrogens (tertiary/aromatic N) is 1. The van der Waals surface area contributed by atoms with Crippen LogP contribution in [0.4, 0.5) is 0 Å². The Labute approximate surface area is 122 Å². The van der Waals surface area contributed by atoms with Crippen molar-refractivity contribution in [3.8, 4) is 11.5 Å². The number of hydrazone groups is 1. The highest BCUT2D eigenvalue weighted by atomic mass is 16.5. The van der Waals surface area contributed by atoms with E-state index < -0.39 is 0 Å². The second kappa shape index (κ2) is 6.56. The maximum atomic E-state index is 11.9. The molecule has 21 heavy (non-hydrogen) atoms. The Morgan fingerprint density at radius 1 is 1.14 bits per heavy atom. The van der Waals surface area contributed by atoms with Gasteiger partial charge in [0.1, 0.15) is 11.5 Å². The van der Waals surface area contributed by atoms with Crippen molar-refractivity contribution < 1.29 is 14.6 Å². The summed E-state index contributed by atoms with van der Waals surface area (Å²) in [5.41, 5.74) is 4.44. The topological polar surface area (TPSA) is 70.9 Å². The van der Waals surface area contributed by atoms with Gasteiger partial charge in [-0.05, 0) is 43.3 Å². The fourth-order valence-corrected chi connectivity index (χ4v) is 1.72. The van der Waals surface area contributed by atoms with Crippen molar-refractivity contribution in [2.75, 3.05) is 7.11 Å². The number of amides is 1. The van der Waals surface area contributed by atoms with Gasteiger partial charge >= 0.3 is 0 Å². The normalized spacial score (nSPS) is 11.0. The standard InChI is InChI=1S/C16H16N2O3/c1-11(13-4-3-5-15(10-13)21-2)17-18-16(20)12-6-8-14(19)9-7-12/h3-10,19H,1-2H3,(H,18,20). The predicted molar refractivity (Wildman–Crippen MR) is 80.8 cm³/mol. The fourth-order valence-electron chi connectivity index (χ4n) is 1.72. The molecule has 2 aromatic rings. The maximum absolute atomic E-state index is 11.9. The third kappa shape index (κ3) is 3.82. The number of aromatic hydroxyl groups is 1. The van der Waals surface area contributed by atoms with Gasteiger partial charge in [-0.3, -0.25) is 4.79 Å². The average molecular weight is 284 g/mol. The Morgan fingerprint density at radius 3 is 2.52 bits per heavy atom. The van der Waals surface area contributed by atoms with E-state index in [1.807, 2.05) is 24.3 Å². The van der Waals surface area contributed by atoms with Crippen LogP contribution in [0.2, 0.25) is 0 Å². The van der Waals surface area contributed by atoms with E-state index in [1.165, 1.54) is 24.3 Å². The number of hydrogen-bond donors (Lipinski definition) is 2. The van der Waals surface area contributed by atoms with Gasteiger partial charge in [-0.2, -0.15) is 5.10 Å². The van der Waals surface area contributed by atoms with Crippen molar-refractivity contribution in [2.45, 2.75) is 6.92 Å². The molecule has 2 rings (SSSR count). The van der Waals surface area contributed by atoms with Crippen LogP contribution in [0, 0.1) is 0 Å². The summed E-state index contributed by atoms with van der Waals surface area (Å²) < 4.78 is 5.15. The van der Waals surface area contributed by atoms with E-state index in [2.05, 4.69) is 10.5 Å². The first kappa shape index (κ1) is 14.6. The fraction of sp³-hybridized carbons (Fsp3) is 0.125. The number of methoxy groups -OCH3 is 1. The molecule has 0 saturated heterocycles. The monoisotopic (exact) mass is 284 g/mol. The van der Waals surface area contributed by atoms with Gasteiger partial charge in [-0.1, -0.05) is 12.1 Å². The highest BCUT2D eigenvalue weighted by molar-refractivity contribution is 6.01. The summed E-state index contributed by atoms with van der Waals surface area (Å²) in [6.07, 6.45) is 0. The zero-order valence-corrected chi connectivity index (χ0v) is 11.8. The second-order valence-electron chi connectivity index (χ2n) is 4.42. The SMILES string of the molecule is COc1cccc(C(C)=NNC(=O)c2ccc(O)cc2)c1. The minimum Gasteiger partial charge on any atom is -0.508 e. The van der Waals surface area contributed by atoms with Crippen LogP contribution in [0.1, 0.15) is 22.8 Å². The van der Waals surface area contributed by atoms with E-state index in [-0.39, 0.29) is 11.7 Å². The van der Waals surface area contributed by atoms with Crippen LogP contribution in [-0.4, -0.2) is 23.8 Å². The van der Waals surface area contributed by atoms with Crippen LogP contribution in [0.5, 0.6) is 11.5 Å². The summed E-state index contributed by atoms with van der Waals surface area (Å²) in [5.74, 6) is 0.506. The van der Waals surface area contributed by atoms with E-state index in [0.717, 1.165) is 11.3 Å². The third-order valence-corrected chi connectivity index (χ3v) is 2.94. The molecule has 0 atom stereocenters. The Bertz CT molecular complexity index is 663. The molecule has 0 aliphatic heterocycles. The molecule has 5 nitrogen and oxygen atoms in total. The number of rotatable bonds is 4. The molecule has 0 fully saturated rings. The van der Waals surface area contributed by atoms with Crippen molar-refractivity contribution in [1.82, 2.24) is 5.43 Å². The highest BCUT2D eigenvalue weighted by Crippen LogP contribution is 2.13. The molecule has 108 valence electrons. The smallest absolute Gasteiger partial charge is 0.271 e. The molecule has 0 spiro atoms. The van der Waals surface area contributed by atoms with E-state index in [0.29, 0.717) is 11.3 Å². The third-order valence-electron chi connectivity index (χ3n) is 2.94. The van der Waals surface area contributed by atoms with Crippen LogP contribution in [0.15, 0.2) is 53.6 Å². The van der Waals surface area contributed by atoms with Gasteiger partial charge in [0.25, 0.3) is 5.91 Å². The van der Waals surface area contributed by atoms with Gasteiger partial charge in [-0.25, -0.2) is 5.43 Å². The lowest BCUT2D eigenvalue weighted by atomic mass is 10.1. The lowest BCUT2D eigenvalue weighted by Crippen LogP contribution is -2.19. The van der Waals surface area contributed by atoms with E-state index >= 15 is 0 Å². The summed E-state index contributed by atoms with van der Waals surface area (Å²) in [6.45, 7) is 1.80. The van der Waals surface area contributed by atoms with Crippen LogP contribution in [0.25, 0.3) is 0 Å². The Kier molecular flexibility index (Phi) is 4.56. The molecule has 0 aromatic heterocycles. The highest BCUT2D eigenvalue weighted by Gasteiger charge is 2.05. The predicted octanol–water partition coefficient (Wildman–Crippen LogP) is 2.55. The lowest BCUT2D eigenvalue weighted by molar-refractivity contribution is 0.0955. The van der Waals surface area contributed by atoms with Crippen molar-refractivity contribution in [2.24, 2.45) is 5.10 Å². The molecule has 0 heterocycles. The largest absolute Gasteiger partial charge is 0.508 e. The number of carbonyl (C=O) groups excluding carboxylic acids is 1. The van der Waals surface area contributed by atoms with Gasteiger partial charge in [0, 0.05) is 11.1 Å². The first-order chi connectivity index (χ1) is 10.1. The summed E-state index contributed by atoms with van der Waals surface area (Å²) in [4.78, 5) is 11.9. The van der Waals surface area contributed by atoms with Gasteiger partial charge in [0.2, 0.25) is 0 Å². The summed E-state index contributed by atoms with van der Waals surface area (Å²) in [5, 5.41) is 13.3. The van der Waals surface area contributed by atoms with Gasteiger partial charge < -0.3 is 9.84 Å². The van der Waals surface area contributed by atoms with E-state index in [4.69, 9.17) is 4.74 Å². The Hall–Kier alpha value is -2.82. The molecule has 0 aliphatic rings. The summed E-state index contributed by atoms with van der Waals surface area (Å²) >= 11 is 0. The van der Waals surface area contributed by atoms with E-state index in [9.17, 15) is 9.90 Å². The Balaban J connectivity index is 2.09. The maximum Gasteiger partial charge on any atom is 0.271 e. The molecule has 0 saturated carbocycles. The van der Waals surface area contributed by atoms with Crippen molar-refractivity contribution in [3.63, 3.8) is 0 Å². The number of benzene rings is 2. The van der Waals surface area contributed by atoms with Gasteiger partial charge in [0.15, 0.2) is 0 Å². The minimum absolute atomic E-state index is 0.114. The molecule has 0 radical (unpaired) electrons. The van der Waals surface area contributed by atoms with Crippen LogP contribution in [-0.2, 0) is 0 Å². The number of carbonyl (C=O) groups is 1. The molecule has 0 bridgehead atoms. The quantitative estimate of drug-likeness (QED) is 0.669. The molecule has 0 aliphatic carbocycles. The van der Waals surface area contributed by atoms with Gasteiger partial charge in [-0.15, -0.1) is 0 Å². The molecular formula is C16H16N2O3. The van der Waals surface area contributed by atoms with Crippen LogP contribution < -0.4 is 10.2 Å². The molecule has 2 N–H and O–H groups in total. The average Bonchev–Trinajstić information content (AvgIpc) is 2.53. The van der Waals surface area contributed by atoms with Crippen molar-refractivity contribution >= 4 is 11.6 Å². The summed E-state index contributed by atoms with van der Waals surface area (Å²) in [6, 6.07) is 13.4. The second-order valence-corrected chi connectivity index (χ2v) is 4.42. The molecule has 5 heteroatoms. The molecule has 1 amide bonds. The molecule has 0 unspecified atom stereocenters. The number of hydrogen-bond acceptors (Lipinski definition) is 4. The Morgan fingerprint density at radius 2 is 1.86 bits per heavy atom. The first-order valence-corrected chi connectivity index (χ1v) is 6.38. The minimum atomic E-state index is -0.336. The van der Waals surface area contributed by atoms with Crippen LogP contribution >= 0.6 is 0 Å². The summed E-state index contributed by atoms with van der Waals surface area (Å²) in [7, 11) is 1.60. The molecule has 2 aromatic carbocycles. The number of phenols is 1. The zero-order valence-electron chi connectivity index (χ0n) is 11.8. The molecular weight excluding hydrogens is 268 g/mol. The lowest BCUT2D eigenvalue weighted by Gasteiger charge is -2.05. The van der Waals surface area contributed by atoms with Crippen LogP contribution in [0.3, 0.4) is 0 Å². The van der Waals surface area contributed by atoms with Gasteiger partial charge in [0.05, 0.1) is 12.8 Å². The number of ether oxygens (including phenoxy) is 1. The van der Waals surface area contributed by atoms with Crippen molar-refractivity contribution in [1.29, 1.82) is 0 Å². The van der Waals surface area contributed by atoms with E-state index in [1.54, 1.807) is 14.0 Å². The zero-order chi connectivity index (χ0) is 15.2. The first-order valence-electron chi connectivity index (χ1n) is 6.38. The van der Waals surface area contributed by atoms with Crippen molar-refractivity contribution in [3.05, 3.63) is 59.7 Å². The number of nitrogens with one attached hydrogen (secondary N) is 1.